The smallest absolute Gasteiger partial charge is 0.262 e. The molecule has 0 spiro atoms. The second kappa shape index (κ2) is 6.10. The molecule has 100 valence electrons. The molecule has 0 heterocycles. The lowest BCUT2D eigenvalue weighted by molar-refractivity contribution is 0.0954. The molecule has 0 unspecified atom stereocenters. The molecule has 1 aromatic carbocycles. The van der Waals surface area contributed by atoms with Crippen molar-refractivity contribution in [3.05, 3.63) is 27.7 Å². The molecular weight excluding hydrogens is 321 g/mol. The summed E-state index contributed by atoms with van der Waals surface area (Å²) in [6, 6.07) is 2.42. The van der Waals surface area contributed by atoms with Crippen molar-refractivity contribution >= 4 is 48.8 Å². The summed E-state index contributed by atoms with van der Waals surface area (Å²) in [7, 11) is 1.19. The van der Waals surface area contributed by atoms with Gasteiger partial charge in [0.05, 0.1) is 15.6 Å². The van der Waals surface area contributed by atoms with E-state index in [1.54, 1.807) is 0 Å². The number of amides is 1. The van der Waals surface area contributed by atoms with Crippen molar-refractivity contribution < 1.29 is 13.2 Å². The fourth-order valence-electron chi connectivity index (χ4n) is 1.26. The van der Waals surface area contributed by atoms with Gasteiger partial charge in [0.15, 0.2) is 0 Å². The van der Waals surface area contributed by atoms with Crippen LogP contribution in [0.5, 0.6) is 0 Å². The third-order valence-electron chi connectivity index (χ3n) is 2.08. The monoisotopic (exact) mass is 329 g/mol. The van der Waals surface area contributed by atoms with Crippen molar-refractivity contribution in [1.82, 2.24) is 5.32 Å². The number of hydrogen-bond acceptors (Lipinski definition) is 3. The molecule has 4 nitrogen and oxygen atoms in total. The first-order chi connectivity index (χ1) is 8.29. The third-order valence-corrected chi connectivity index (χ3v) is 4.26. The van der Waals surface area contributed by atoms with Crippen molar-refractivity contribution in [2.24, 2.45) is 0 Å². The van der Waals surface area contributed by atoms with Crippen LogP contribution in [0.15, 0.2) is 17.0 Å². The summed E-state index contributed by atoms with van der Waals surface area (Å²) < 4.78 is 22.5. The number of rotatable bonds is 4. The molecule has 0 aliphatic carbocycles. The van der Waals surface area contributed by atoms with E-state index in [9.17, 15) is 13.2 Å². The summed E-state index contributed by atoms with van der Waals surface area (Å²) >= 11 is 11.7. The zero-order chi connectivity index (χ0) is 13.9. The maximum Gasteiger partial charge on any atom is 0.262 e. The Bertz CT molecular complexity index is 572. The average Bonchev–Trinajstić information content (AvgIpc) is 2.24. The van der Waals surface area contributed by atoms with E-state index in [4.69, 9.17) is 33.9 Å². The number of benzene rings is 1. The van der Waals surface area contributed by atoms with Gasteiger partial charge in [0.25, 0.3) is 15.0 Å². The molecule has 1 aromatic rings. The Balaban J connectivity index is 3.31. The first kappa shape index (κ1) is 15.6. The molecule has 0 atom stereocenters. The van der Waals surface area contributed by atoms with Gasteiger partial charge in [-0.2, -0.15) is 0 Å². The molecule has 0 fully saturated rings. The fourth-order valence-corrected chi connectivity index (χ4v) is 3.15. The largest absolute Gasteiger partial charge is 0.352 e. The zero-order valence-electron chi connectivity index (χ0n) is 9.34. The minimum atomic E-state index is -4.03. The molecule has 18 heavy (non-hydrogen) atoms. The highest BCUT2D eigenvalue weighted by Crippen LogP contribution is 2.32. The van der Waals surface area contributed by atoms with Gasteiger partial charge in [0.2, 0.25) is 0 Å². The van der Waals surface area contributed by atoms with Gasteiger partial charge in [-0.25, -0.2) is 8.42 Å². The Morgan fingerprint density at radius 1 is 1.33 bits per heavy atom. The summed E-state index contributed by atoms with van der Waals surface area (Å²) in [6.45, 7) is 2.31. The predicted molar refractivity (Wildman–Crippen MR) is 72.1 cm³/mol. The second-order valence-corrected chi connectivity index (χ2v) is 6.75. The predicted octanol–water partition coefficient (Wildman–Crippen LogP) is 3.06. The van der Waals surface area contributed by atoms with Crippen molar-refractivity contribution in [2.75, 3.05) is 6.54 Å². The molecule has 0 aliphatic rings. The van der Waals surface area contributed by atoms with Crippen LogP contribution in [0.1, 0.15) is 23.7 Å². The number of nitrogens with one attached hydrogen (secondary N) is 1. The van der Waals surface area contributed by atoms with Gasteiger partial charge in [0, 0.05) is 17.2 Å². The van der Waals surface area contributed by atoms with Crippen LogP contribution in [0.3, 0.4) is 0 Å². The van der Waals surface area contributed by atoms with Crippen LogP contribution in [0.2, 0.25) is 10.0 Å². The quantitative estimate of drug-likeness (QED) is 0.863. The molecule has 1 rings (SSSR count). The van der Waals surface area contributed by atoms with Crippen molar-refractivity contribution in [3.8, 4) is 0 Å². The van der Waals surface area contributed by atoms with Gasteiger partial charge in [-0.3, -0.25) is 4.79 Å². The molecule has 0 aromatic heterocycles. The maximum absolute atomic E-state index is 11.8. The molecular formula is C10H10Cl3NO3S. The first-order valence-corrected chi connectivity index (χ1v) is 8.06. The number of carbonyl (C=O) groups excluding carboxylic acids is 1. The molecule has 0 radical (unpaired) electrons. The maximum atomic E-state index is 11.8. The van der Waals surface area contributed by atoms with Gasteiger partial charge in [-0.1, -0.05) is 30.1 Å². The van der Waals surface area contributed by atoms with E-state index in [0.29, 0.717) is 6.54 Å². The van der Waals surface area contributed by atoms with E-state index in [1.807, 2.05) is 6.92 Å². The fraction of sp³-hybridized carbons (Fsp3) is 0.300. The van der Waals surface area contributed by atoms with Crippen LogP contribution in [0, 0.1) is 0 Å². The van der Waals surface area contributed by atoms with E-state index in [0.717, 1.165) is 12.5 Å². The lowest BCUT2D eigenvalue weighted by Crippen LogP contribution is -2.25. The van der Waals surface area contributed by atoms with Gasteiger partial charge in [0.1, 0.15) is 4.90 Å². The van der Waals surface area contributed by atoms with E-state index >= 15 is 0 Å². The minimum Gasteiger partial charge on any atom is -0.352 e. The van der Waals surface area contributed by atoms with Gasteiger partial charge < -0.3 is 5.32 Å². The topological polar surface area (TPSA) is 63.2 Å². The van der Waals surface area contributed by atoms with E-state index in [1.165, 1.54) is 6.07 Å². The number of halogens is 3. The highest BCUT2D eigenvalue weighted by atomic mass is 35.7. The summed E-state index contributed by atoms with van der Waals surface area (Å²) in [5.74, 6) is -0.533. The highest BCUT2D eigenvalue weighted by molar-refractivity contribution is 8.13. The summed E-state index contributed by atoms with van der Waals surface area (Å²) in [6.07, 6.45) is 0.731. The Hall–Kier alpha value is -0.490. The Labute approximate surface area is 120 Å². The molecule has 1 amide bonds. The molecule has 8 heteroatoms. The second-order valence-electron chi connectivity index (χ2n) is 3.43. The van der Waals surface area contributed by atoms with Gasteiger partial charge >= 0.3 is 0 Å². The van der Waals surface area contributed by atoms with Gasteiger partial charge in [-0.05, 0) is 18.6 Å². The highest BCUT2D eigenvalue weighted by Gasteiger charge is 2.23. The lowest BCUT2D eigenvalue weighted by Gasteiger charge is -2.09. The SMILES string of the molecule is CCCNC(=O)c1c(Cl)ccc(S(=O)(=O)Cl)c1Cl. The van der Waals surface area contributed by atoms with Crippen LogP contribution >= 0.6 is 33.9 Å². The molecule has 0 aliphatic heterocycles. The normalized spacial score (nSPS) is 11.3. The number of hydrogen-bond donors (Lipinski definition) is 1. The van der Waals surface area contributed by atoms with Crippen LogP contribution < -0.4 is 5.32 Å². The number of carbonyl (C=O) groups is 1. The Kier molecular flexibility index (Phi) is 5.28. The summed E-state index contributed by atoms with van der Waals surface area (Å²) in [5.41, 5.74) is -0.0893. The van der Waals surface area contributed by atoms with Crippen LogP contribution in [0.25, 0.3) is 0 Å². The van der Waals surface area contributed by atoms with Crippen molar-refractivity contribution in [1.29, 1.82) is 0 Å². The Morgan fingerprint density at radius 2 is 1.94 bits per heavy atom. The standard InChI is InChI=1S/C10H10Cl3NO3S/c1-2-5-14-10(15)8-6(11)3-4-7(9(8)12)18(13,16)17/h3-4H,2,5H2,1H3,(H,14,15). The van der Waals surface area contributed by atoms with Crippen LogP contribution in [-0.4, -0.2) is 20.9 Å². The van der Waals surface area contributed by atoms with Crippen molar-refractivity contribution in [2.45, 2.75) is 18.2 Å². The summed E-state index contributed by atoms with van der Waals surface area (Å²) in [4.78, 5) is 11.5. The average molecular weight is 331 g/mol. The molecule has 0 saturated heterocycles. The third kappa shape index (κ3) is 3.51. The molecule has 1 N–H and O–H groups in total. The Morgan fingerprint density at radius 3 is 2.44 bits per heavy atom. The van der Waals surface area contributed by atoms with E-state index in [2.05, 4.69) is 5.32 Å². The van der Waals surface area contributed by atoms with Crippen LogP contribution in [-0.2, 0) is 9.05 Å². The zero-order valence-corrected chi connectivity index (χ0v) is 12.4. The molecule has 0 bridgehead atoms. The van der Waals surface area contributed by atoms with E-state index < -0.39 is 15.0 Å². The lowest BCUT2D eigenvalue weighted by atomic mass is 10.2. The minimum absolute atomic E-state index is 0.0673. The first-order valence-electron chi connectivity index (χ1n) is 5.00. The molecule has 0 saturated carbocycles. The van der Waals surface area contributed by atoms with Crippen molar-refractivity contribution in [3.63, 3.8) is 0 Å². The van der Waals surface area contributed by atoms with E-state index in [-0.39, 0.29) is 20.5 Å². The summed E-state index contributed by atoms with van der Waals surface area (Å²) in [5, 5.41) is 2.36. The van der Waals surface area contributed by atoms with Crippen LogP contribution in [0.4, 0.5) is 0 Å². The van der Waals surface area contributed by atoms with Gasteiger partial charge in [-0.15, -0.1) is 0 Å².